The lowest BCUT2D eigenvalue weighted by Gasteiger charge is -2.11. The first-order chi connectivity index (χ1) is 15.0. The highest BCUT2D eigenvalue weighted by molar-refractivity contribution is 7.99. The molecule has 0 bridgehead atoms. The van der Waals surface area contributed by atoms with E-state index in [4.69, 9.17) is 4.74 Å². The number of carbonyl (C=O) groups is 1. The van der Waals surface area contributed by atoms with Crippen LogP contribution in [0.15, 0.2) is 46.3 Å². The number of rotatable bonds is 9. The number of thioether (sulfide) groups is 1. The first-order valence-corrected chi connectivity index (χ1v) is 11.6. The summed E-state index contributed by atoms with van der Waals surface area (Å²) in [5.74, 6) is 0.280. The van der Waals surface area contributed by atoms with Gasteiger partial charge in [-0.2, -0.15) is 0 Å². The summed E-state index contributed by atoms with van der Waals surface area (Å²) in [5, 5.41) is 7.14. The third-order valence-electron chi connectivity index (χ3n) is 5.81. The topological polar surface area (TPSA) is 81.9 Å². The zero-order valence-electron chi connectivity index (χ0n) is 18.0. The fourth-order valence-corrected chi connectivity index (χ4v) is 4.93. The Hall–Kier alpha value is -2.58. The number of ketones is 1. The molecule has 3 aromatic rings. The van der Waals surface area contributed by atoms with Crippen LogP contribution in [-0.4, -0.2) is 43.6 Å². The van der Waals surface area contributed by atoms with Crippen LogP contribution in [0.4, 0.5) is 0 Å². The van der Waals surface area contributed by atoms with Crippen molar-refractivity contribution in [2.24, 2.45) is 0 Å². The summed E-state index contributed by atoms with van der Waals surface area (Å²) in [6.07, 6.45) is 2.91. The van der Waals surface area contributed by atoms with Crippen molar-refractivity contribution in [2.75, 3.05) is 12.4 Å². The number of H-pyrrole nitrogens is 1. The van der Waals surface area contributed by atoms with E-state index in [0.29, 0.717) is 11.7 Å². The first-order valence-electron chi connectivity index (χ1n) is 10.7. The predicted octanol–water partition coefficient (Wildman–Crippen LogP) is 3.39. The fraction of sp³-hybridized carbons (Fsp3) is 0.435. The number of nitrogens with zero attached hydrogens (tertiary/aromatic N) is 3. The minimum Gasteiger partial charge on any atom is -0.376 e. The number of carbonyl (C=O) groups excluding carboxylic acids is 1. The van der Waals surface area contributed by atoms with Crippen LogP contribution in [-0.2, 0) is 24.2 Å². The van der Waals surface area contributed by atoms with Gasteiger partial charge >= 0.3 is 5.69 Å². The molecule has 1 aliphatic rings. The quantitative estimate of drug-likeness (QED) is 0.407. The maximum atomic E-state index is 13.0. The lowest BCUT2D eigenvalue weighted by Crippen LogP contribution is -2.25. The average Bonchev–Trinajstić information content (AvgIpc) is 3.48. The third kappa shape index (κ3) is 5.02. The van der Waals surface area contributed by atoms with Crippen LogP contribution in [0.1, 0.15) is 40.2 Å². The standard InChI is InChI=1S/C23H28N4O3S/c1-16-13-20(17(2)26(16)11-10-18-7-4-3-5-8-18)21(28)15-31-23-25-24-22(29)27(23)14-19-9-6-12-30-19/h3-5,7-8,13,19H,6,9-12,14-15H2,1-2H3,(H,24,29). The summed E-state index contributed by atoms with van der Waals surface area (Å²) in [5.41, 5.74) is 3.82. The largest absolute Gasteiger partial charge is 0.376 e. The molecule has 7 nitrogen and oxygen atoms in total. The molecular formula is C23H28N4O3S. The minimum absolute atomic E-state index is 0.0360. The SMILES string of the molecule is Cc1cc(C(=O)CSc2n[nH]c(=O)n2CC2CCCO2)c(C)n1CCc1ccccc1. The van der Waals surface area contributed by atoms with Gasteiger partial charge in [-0.25, -0.2) is 9.89 Å². The monoisotopic (exact) mass is 440 g/mol. The van der Waals surface area contributed by atoms with Crippen molar-refractivity contribution >= 4 is 17.5 Å². The van der Waals surface area contributed by atoms with Gasteiger partial charge in [0.15, 0.2) is 10.9 Å². The van der Waals surface area contributed by atoms with Crippen molar-refractivity contribution in [1.82, 2.24) is 19.3 Å². The highest BCUT2D eigenvalue weighted by Crippen LogP contribution is 2.22. The molecular weight excluding hydrogens is 412 g/mol. The van der Waals surface area contributed by atoms with Gasteiger partial charge < -0.3 is 9.30 Å². The Morgan fingerprint density at radius 1 is 1.26 bits per heavy atom. The summed E-state index contributed by atoms with van der Waals surface area (Å²) in [4.78, 5) is 25.1. The molecule has 164 valence electrons. The van der Waals surface area contributed by atoms with Gasteiger partial charge in [0.25, 0.3) is 0 Å². The molecule has 1 aliphatic heterocycles. The van der Waals surface area contributed by atoms with Gasteiger partial charge in [-0.3, -0.25) is 9.36 Å². The number of nitrogens with one attached hydrogen (secondary N) is 1. The molecule has 1 unspecified atom stereocenters. The zero-order chi connectivity index (χ0) is 21.8. The molecule has 0 amide bonds. The number of Topliss-reactive ketones (excluding diaryl/α,β-unsaturated/α-hetero) is 1. The van der Waals surface area contributed by atoms with E-state index in [9.17, 15) is 9.59 Å². The van der Waals surface area contributed by atoms with E-state index in [-0.39, 0.29) is 23.3 Å². The molecule has 1 fully saturated rings. The van der Waals surface area contributed by atoms with E-state index in [1.54, 1.807) is 4.57 Å². The van der Waals surface area contributed by atoms with Crippen LogP contribution in [0, 0.1) is 13.8 Å². The molecule has 31 heavy (non-hydrogen) atoms. The second-order valence-corrected chi connectivity index (χ2v) is 8.88. The van der Waals surface area contributed by atoms with E-state index in [2.05, 4.69) is 26.9 Å². The maximum Gasteiger partial charge on any atom is 0.344 e. The van der Waals surface area contributed by atoms with Crippen molar-refractivity contribution in [1.29, 1.82) is 0 Å². The summed E-state index contributed by atoms with van der Waals surface area (Å²) < 4.78 is 9.42. The molecule has 0 aliphatic carbocycles. The summed E-state index contributed by atoms with van der Waals surface area (Å²) >= 11 is 1.29. The maximum absolute atomic E-state index is 13.0. The lowest BCUT2D eigenvalue weighted by molar-refractivity contribution is 0.0941. The molecule has 0 radical (unpaired) electrons. The van der Waals surface area contributed by atoms with Crippen molar-refractivity contribution in [3.05, 3.63) is 69.4 Å². The molecule has 0 spiro atoms. The second kappa shape index (κ2) is 9.70. The van der Waals surface area contributed by atoms with Crippen LogP contribution in [0.5, 0.6) is 0 Å². The lowest BCUT2D eigenvalue weighted by atomic mass is 10.1. The van der Waals surface area contributed by atoms with Gasteiger partial charge in [-0.15, -0.1) is 5.10 Å². The molecule has 0 saturated carbocycles. The smallest absolute Gasteiger partial charge is 0.344 e. The van der Waals surface area contributed by atoms with Gasteiger partial charge in [-0.05, 0) is 44.7 Å². The van der Waals surface area contributed by atoms with Gasteiger partial charge in [-0.1, -0.05) is 42.1 Å². The molecule has 1 saturated heterocycles. The predicted molar refractivity (Wildman–Crippen MR) is 121 cm³/mol. The van der Waals surface area contributed by atoms with Gasteiger partial charge in [0, 0.05) is 30.1 Å². The normalized spacial score (nSPS) is 16.1. The molecule has 1 N–H and O–H groups in total. The van der Waals surface area contributed by atoms with E-state index in [1.807, 2.05) is 38.1 Å². The number of aromatic nitrogens is 4. The third-order valence-corrected chi connectivity index (χ3v) is 6.78. The van der Waals surface area contributed by atoms with E-state index < -0.39 is 0 Å². The molecule has 2 aromatic heterocycles. The van der Waals surface area contributed by atoms with Gasteiger partial charge in [0.1, 0.15) is 0 Å². The number of hydrogen-bond acceptors (Lipinski definition) is 5. The summed E-state index contributed by atoms with van der Waals surface area (Å²) in [6.45, 7) is 6.08. The zero-order valence-corrected chi connectivity index (χ0v) is 18.8. The van der Waals surface area contributed by atoms with E-state index in [0.717, 1.165) is 49.4 Å². The highest BCUT2D eigenvalue weighted by Gasteiger charge is 2.21. The summed E-state index contributed by atoms with van der Waals surface area (Å²) in [6, 6.07) is 12.3. The molecule has 1 aromatic carbocycles. The van der Waals surface area contributed by atoms with Crippen molar-refractivity contribution in [3.8, 4) is 0 Å². The Bertz CT molecular complexity index is 1090. The van der Waals surface area contributed by atoms with Gasteiger partial charge in [0.2, 0.25) is 0 Å². The van der Waals surface area contributed by atoms with Crippen LogP contribution >= 0.6 is 11.8 Å². The van der Waals surface area contributed by atoms with Crippen molar-refractivity contribution < 1.29 is 9.53 Å². The van der Waals surface area contributed by atoms with E-state index in [1.165, 1.54) is 17.3 Å². The van der Waals surface area contributed by atoms with Crippen molar-refractivity contribution in [3.63, 3.8) is 0 Å². The number of benzene rings is 1. The molecule has 8 heteroatoms. The number of aromatic amines is 1. The number of ether oxygens (including phenoxy) is 1. The fourth-order valence-electron chi connectivity index (χ4n) is 4.09. The first kappa shape index (κ1) is 21.6. The van der Waals surface area contributed by atoms with Gasteiger partial charge in [0.05, 0.1) is 18.4 Å². The Balaban J connectivity index is 1.41. The molecule has 4 rings (SSSR count). The molecule has 1 atom stereocenters. The minimum atomic E-state index is -0.260. The number of aryl methyl sites for hydroxylation is 2. The Morgan fingerprint density at radius 2 is 2.06 bits per heavy atom. The Labute approximate surface area is 185 Å². The van der Waals surface area contributed by atoms with Crippen LogP contribution in [0.25, 0.3) is 0 Å². The Kier molecular flexibility index (Phi) is 6.77. The van der Waals surface area contributed by atoms with Crippen LogP contribution in [0.3, 0.4) is 0 Å². The molecule has 3 heterocycles. The average molecular weight is 441 g/mol. The number of hydrogen-bond donors (Lipinski definition) is 1. The Morgan fingerprint density at radius 3 is 2.81 bits per heavy atom. The second-order valence-electron chi connectivity index (χ2n) is 7.94. The summed E-state index contributed by atoms with van der Waals surface area (Å²) in [7, 11) is 0. The van der Waals surface area contributed by atoms with Crippen LogP contribution < -0.4 is 5.69 Å². The van der Waals surface area contributed by atoms with E-state index >= 15 is 0 Å². The highest BCUT2D eigenvalue weighted by atomic mass is 32.2. The van der Waals surface area contributed by atoms with Crippen molar-refractivity contribution in [2.45, 2.75) is 57.5 Å². The van der Waals surface area contributed by atoms with Crippen LogP contribution in [0.2, 0.25) is 0 Å².